The first-order valence-electron chi connectivity index (χ1n) is 5.73. The molecule has 1 fully saturated rings. The molecule has 1 aliphatic carbocycles. The lowest BCUT2D eigenvalue weighted by Crippen LogP contribution is -2.07. The van der Waals surface area contributed by atoms with E-state index in [1.54, 1.807) is 0 Å². The van der Waals surface area contributed by atoms with Gasteiger partial charge >= 0.3 is 5.97 Å². The molecule has 0 spiro atoms. The van der Waals surface area contributed by atoms with Crippen molar-refractivity contribution in [3.05, 3.63) is 33.8 Å². The van der Waals surface area contributed by atoms with Gasteiger partial charge in [-0.1, -0.05) is 35.8 Å². The highest BCUT2D eigenvalue weighted by atomic mass is 79.9. The molecule has 1 saturated carbocycles. The van der Waals surface area contributed by atoms with Crippen LogP contribution >= 0.6 is 15.9 Å². The van der Waals surface area contributed by atoms with E-state index >= 15 is 0 Å². The monoisotopic (exact) mass is 296 g/mol. The van der Waals surface area contributed by atoms with Gasteiger partial charge in [0.25, 0.3) is 0 Å². The first-order chi connectivity index (χ1) is 7.89. The van der Waals surface area contributed by atoms with Crippen LogP contribution in [-0.2, 0) is 9.53 Å². The summed E-state index contributed by atoms with van der Waals surface area (Å²) >= 11 is 3.46. The van der Waals surface area contributed by atoms with Crippen LogP contribution in [0.5, 0.6) is 0 Å². The fourth-order valence-electron chi connectivity index (χ4n) is 2.77. The van der Waals surface area contributed by atoms with Crippen molar-refractivity contribution in [2.24, 2.45) is 11.3 Å². The Morgan fingerprint density at radius 3 is 2.59 bits per heavy atom. The van der Waals surface area contributed by atoms with Gasteiger partial charge in [0.15, 0.2) is 0 Å². The normalized spacial score (nSPS) is 25.5. The average Bonchev–Trinajstić information content (AvgIpc) is 2.80. The quantitative estimate of drug-likeness (QED) is 0.779. The molecular weight excluding hydrogens is 280 g/mol. The summed E-state index contributed by atoms with van der Waals surface area (Å²) in [5, 5.41) is 0. The van der Waals surface area contributed by atoms with Crippen LogP contribution in [0.15, 0.2) is 22.7 Å². The summed E-state index contributed by atoms with van der Waals surface area (Å²) in [6.07, 6.45) is 0. The fraction of sp³-hybridized carbons (Fsp3) is 0.500. The number of carbonyl (C=O) groups is 1. The van der Waals surface area contributed by atoms with E-state index in [0.29, 0.717) is 0 Å². The van der Waals surface area contributed by atoms with E-state index in [9.17, 15) is 4.79 Å². The van der Waals surface area contributed by atoms with Crippen LogP contribution < -0.4 is 0 Å². The van der Waals surface area contributed by atoms with Gasteiger partial charge < -0.3 is 4.74 Å². The van der Waals surface area contributed by atoms with Gasteiger partial charge in [0.2, 0.25) is 0 Å². The highest BCUT2D eigenvalue weighted by molar-refractivity contribution is 9.10. The predicted molar refractivity (Wildman–Crippen MR) is 70.9 cm³/mol. The van der Waals surface area contributed by atoms with Gasteiger partial charge in [-0.25, -0.2) is 0 Å². The van der Waals surface area contributed by atoms with Crippen molar-refractivity contribution in [3.8, 4) is 0 Å². The van der Waals surface area contributed by atoms with Crippen molar-refractivity contribution in [3.63, 3.8) is 0 Å². The summed E-state index contributed by atoms with van der Waals surface area (Å²) in [6, 6.07) is 6.23. The second-order valence-electron chi connectivity index (χ2n) is 5.30. The molecule has 3 heteroatoms. The van der Waals surface area contributed by atoms with E-state index < -0.39 is 0 Å². The second kappa shape index (κ2) is 4.13. The second-order valence-corrected chi connectivity index (χ2v) is 6.22. The van der Waals surface area contributed by atoms with Gasteiger partial charge in [0, 0.05) is 10.4 Å². The number of carbonyl (C=O) groups excluding carboxylic acids is 1. The topological polar surface area (TPSA) is 26.3 Å². The standard InChI is InChI=1S/C14H17BrO2/c1-8-7-9(15)5-6-10(8)11-12(13(16)17-4)14(11,2)3/h5-7,11-12H,1-4H3/t11-,12+/m0/s1. The lowest BCUT2D eigenvalue weighted by atomic mass is 9.99. The van der Waals surface area contributed by atoms with Crippen LogP contribution in [0, 0.1) is 18.3 Å². The molecule has 17 heavy (non-hydrogen) atoms. The van der Waals surface area contributed by atoms with Crippen LogP contribution in [0.2, 0.25) is 0 Å². The Kier molecular flexibility index (Phi) is 3.06. The molecule has 92 valence electrons. The maximum absolute atomic E-state index is 11.7. The Labute approximate surface area is 110 Å². The Balaban J connectivity index is 2.33. The molecule has 0 aliphatic heterocycles. The lowest BCUT2D eigenvalue weighted by Gasteiger charge is -2.07. The Hall–Kier alpha value is -0.830. The summed E-state index contributed by atoms with van der Waals surface area (Å²) in [5.41, 5.74) is 2.49. The minimum absolute atomic E-state index is 0.00564. The van der Waals surface area contributed by atoms with Crippen LogP contribution in [-0.4, -0.2) is 13.1 Å². The third-order valence-electron chi connectivity index (χ3n) is 3.85. The SMILES string of the molecule is COC(=O)[C@H]1[C@H](c2ccc(Br)cc2C)C1(C)C. The molecule has 0 bridgehead atoms. The average molecular weight is 297 g/mol. The van der Waals surface area contributed by atoms with Crippen molar-refractivity contribution in [2.75, 3.05) is 7.11 Å². The summed E-state index contributed by atoms with van der Waals surface area (Å²) in [7, 11) is 1.46. The number of methoxy groups -OCH3 is 1. The van der Waals surface area contributed by atoms with Gasteiger partial charge in [-0.05, 0) is 35.6 Å². The maximum Gasteiger partial charge on any atom is 0.309 e. The van der Waals surface area contributed by atoms with Gasteiger partial charge in [0.05, 0.1) is 13.0 Å². The highest BCUT2D eigenvalue weighted by Gasteiger charge is 2.63. The molecule has 0 saturated heterocycles. The van der Waals surface area contributed by atoms with E-state index in [0.717, 1.165) is 4.47 Å². The molecular formula is C14H17BrO2. The fourth-order valence-corrected chi connectivity index (χ4v) is 3.25. The zero-order chi connectivity index (χ0) is 12.8. The minimum atomic E-state index is -0.0951. The van der Waals surface area contributed by atoms with Crippen LogP contribution in [0.25, 0.3) is 0 Å². The molecule has 2 atom stereocenters. The predicted octanol–water partition coefficient (Wildman–Crippen LogP) is 3.67. The van der Waals surface area contributed by atoms with Gasteiger partial charge in [-0.3, -0.25) is 4.79 Å². The molecule has 2 nitrogen and oxygen atoms in total. The van der Waals surface area contributed by atoms with Crippen LogP contribution in [0.3, 0.4) is 0 Å². The molecule has 0 aromatic heterocycles. The molecule has 0 unspecified atom stereocenters. The molecule has 0 heterocycles. The summed E-state index contributed by atoms with van der Waals surface area (Å²) in [4.78, 5) is 11.7. The number of hydrogen-bond acceptors (Lipinski definition) is 2. The van der Waals surface area contributed by atoms with E-state index in [4.69, 9.17) is 4.74 Å². The molecule has 0 N–H and O–H groups in total. The molecule has 1 aliphatic rings. The van der Waals surface area contributed by atoms with Crippen LogP contribution in [0.4, 0.5) is 0 Å². The van der Waals surface area contributed by atoms with Crippen molar-refractivity contribution >= 4 is 21.9 Å². The van der Waals surface area contributed by atoms with E-state index in [1.165, 1.54) is 18.2 Å². The Morgan fingerprint density at radius 2 is 2.06 bits per heavy atom. The molecule has 1 aromatic rings. The summed E-state index contributed by atoms with van der Waals surface area (Å²) in [5.74, 6) is 0.178. The number of hydrogen-bond donors (Lipinski definition) is 0. The first-order valence-corrected chi connectivity index (χ1v) is 6.52. The Bertz CT molecular complexity index is 465. The van der Waals surface area contributed by atoms with Crippen molar-refractivity contribution in [1.82, 2.24) is 0 Å². The van der Waals surface area contributed by atoms with E-state index in [-0.39, 0.29) is 23.2 Å². The summed E-state index contributed by atoms with van der Waals surface area (Å²) < 4.78 is 5.95. The first kappa shape index (κ1) is 12.6. The van der Waals surface area contributed by atoms with Gasteiger partial charge in [-0.15, -0.1) is 0 Å². The van der Waals surface area contributed by atoms with Crippen LogP contribution in [0.1, 0.15) is 30.9 Å². The highest BCUT2D eigenvalue weighted by Crippen LogP contribution is 2.65. The number of esters is 1. The molecule has 0 radical (unpaired) electrons. The largest absolute Gasteiger partial charge is 0.469 e. The van der Waals surface area contributed by atoms with Gasteiger partial charge in [-0.2, -0.15) is 0 Å². The lowest BCUT2D eigenvalue weighted by molar-refractivity contribution is -0.143. The van der Waals surface area contributed by atoms with Gasteiger partial charge in [0.1, 0.15) is 0 Å². The van der Waals surface area contributed by atoms with Crippen molar-refractivity contribution < 1.29 is 9.53 Å². The van der Waals surface area contributed by atoms with E-state index in [1.807, 2.05) is 6.07 Å². The zero-order valence-corrected chi connectivity index (χ0v) is 12.2. The zero-order valence-electron chi connectivity index (χ0n) is 10.6. The third kappa shape index (κ3) is 2.01. The minimum Gasteiger partial charge on any atom is -0.469 e. The molecule has 1 aromatic carbocycles. The van der Waals surface area contributed by atoms with Crippen molar-refractivity contribution in [1.29, 1.82) is 0 Å². The number of halogens is 1. The molecule has 0 amide bonds. The number of rotatable bonds is 2. The molecule has 2 rings (SSSR count). The number of benzene rings is 1. The summed E-state index contributed by atoms with van der Waals surface area (Å²) in [6.45, 7) is 6.34. The third-order valence-corrected chi connectivity index (χ3v) is 4.34. The van der Waals surface area contributed by atoms with E-state index in [2.05, 4.69) is 48.8 Å². The maximum atomic E-state index is 11.7. The number of ether oxygens (including phenoxy) is 1. The smallest absolute Gasteiger partial charge is 0.309 e. The Morgan fingerprint density at radius 1 is 1.41 bits per heavy atom. The van der Waals surface area contributed by atoms with Crippen molar-refractivity contribution in [2.45, 2.75) is 26.7 Å². The number of aryl methyl sites for hydroxylation is 1.